The smallest absolute Gasteiger partial charge is 0.411 e. The largest absolute Gasteiger partial charge is 0.608 e. The van der Waals surface area contributed by atoms with Crippen LogP contribution in [0.25, 0.3) is 33.4 Å². The van der Waals surface area contributed by atoms with Crippen molar-refractivity contribution < 1.29 is 37.0 Å². The standard InChI is InChI=1S/C54H36N2O8P4/c57-47-28-9-1-20-39(47)43-24-5-13-32-51(43)65(58)55(66(59)52-33-14-6-25-44(52)40-21-2-10-29-48(40)62-66)37-18-17-19-38(36-37)56(67(60)53-34-15-7-26-45(53)41-22-3-11-30-49(41)63-67)68(61)54-35-16-8-27-46(54)42-23-4-12-31-50(42)64-68/h1-36H/b43-39-. The molecular formula is C54H36N2O8P4. The molecule has 0 fully saturated rings. The summed E-state index contributed by atoms with van der Waals surface area (Å²) in [5, 5.41) is 1.06. The first kappa shape index (κ1) is 42.1. The van der Waals surface area contributed by atoms with Crippen molar-refractivity contribution in [2.45, 2.75) is 0 Å². The number of carbonyl (C=O) groups is 1. The summed E-state index contributed by atoms with van der Waals surface area (Å²) in [4.78, 5) is 29.5. The van der Waals surface area contributed by atoms with E-state index in [4.69, 9.17) is 13.6 Å². The van der Waals surface area contributed by atoms with Gasteiger partial charge in [-0.1, -0.05) is 146 Å². The number of benzene rings is 7. The summed E-state index contributed by atoms with van der Waals surface area (Å²) in [6.45, 7) is 0. The maximum absolute atomic E-state index is 16.8. The lowest BCUT2D eigenvalue weighted by Crippen LogP contribution is -2.36. The van der Waals surface area contributed by atoms with E-state index in [9.17, 15) is 4.79 Å². The van der Waals surface area contributed by atoms with Crippen molar-refractivity contribution in [1.82, 2.24) is 0 Å². The van der Waals surface area contributed by atoms with Gasteiger partial charge in [-0.15, -0.1) is 4.44 Å². The van der Waals surface area contributed by atoms with Crippen molar-refractivity contribution in [2.75, 3.05) is 8.88 Å². The van der Waals surface area contributed by atoms with Crippen LogP contribution >= 0.6 is 30.5 Å². The summed E-state index contributed by atoms with van der Waals surface area (Å²) < 4.78 is 72.8. The van der Waals surface area contributed by atoms with E-state index in [0.29, 0.717) is 61.8 Å². The van der Waals surface area contributed by atoms with Gasteiger partial charge < -0.3 is 18.5 Å². The zero-order chi connectivity index (χ0) is 46.2. The van der Waals surface area contributed by atoms with Crippen LogP contribution in [0.1, 0.15) is 0 Å². The number of para-hydroxylation sites is 3. The van der Waals surface area contributed by atoms with E-state index in [-0.39, 0.29) is 38.4 Å². The van der Waals surface area contributed by atoms with Crippen LogP contribution in [-0.4, -0.2) is 11.1 Å². The lowest BCUT2D eigenvalue weighted by atomic mass is 9.95. The van der Waals surface area contributed by atoms with Crippen LogP contribution in [0.2, 0.25) is 0 Å². The van der Waals surface area contributed by atoms with Gasteiger partial charge in [-0.3, -0.25) is 4.79 Å². The molecule has 0 spiro atoms. The number of rotatable bonds is 6. The van der Waals surface area contributed by atoms with E-state index in [1.807, 2.05) is 72.8 Å². The summed E-state index contributed by atoms with van der Waals surface area (Å²) in [6, 6.07) is 49.6. The number of hydrogen-bond donors (Lipinski definition) is 0. The van der Waals surface area contributed by atoms with Crippen molar-refractivity contribution in [3.8, 4) is 50.6 Å². The molecule has 10 nitrogen and oxygen atoms in total. The third-order valence-electron chi connectivity index (χ3n) is 12.3. The Hall–Kier alpha value is -7.27. The molecule has 12 rings (SSSR count). The number of anilines is 2. The molecule has 5 aliphatic rings. The molecule has 330 valence electrons. The fraction of sp³-hybridized carbons (Fsp3) is 0. The normalized spacial score (nSPS) is 23.0. The van der Waals surface area contributed by atoms with Crippen LogP contribution in [0.5, 0.6) is 17.2 Å². The fourth-order valence-electron chi connectivity index (χ4n) is 9.34. The Labute approximate surface area is 393 Å². The van der Waals surface area contributed by atoms with E-state index in [0.717, 1.165) is 0 Å². The monoisotopic (exact) mass is 964 g/mol. The van der Waals surface area contributed by atoms with Crippen molar-refractivity contribution in [3.05, 3.63) is 230 Å². The van der Waals surface area contributed by atoms with E-state index in [1.165, 1.54) is 15.0 Å². The highest BCUT2D eigenvalue weighted by atomic mass is 31.2. The number of carbonyl (C=O) groups excluding carboxylic acids is 1. The Kier molecular flexibility index (Phi) is 10.0. The van der Waals surface area contributed by atoms with E-state index in [1.54, 1.807) is 140 Å². The zero-order valence-electron chi connectivity index (χ0n) is 35.7. The number of allylic oxidation sites excluding steroid dienone is 10. The summed E-state index contributed by atoms with van der Waals surface area (Å²) in [6.07, 6.45) is 13.3. The second-order valence-corrected chi connectivity index (χ2v) is 24.6. The minimum absolute atomic E-state index is 0.0846. The summed E-state index contributed by atoms with van der Waals surface area (Å²) >= 11 is 0. The van der Waals surface area contributed by atoms with Crippen molar-refractivity contribution in [1.29, 1.82) is 0 Å². The Morgan fingerprint density at radius 3 is 1.32 bits per heavy atom. The molecule has 2 aliphatic carbocycles. The summed E-state index contributed by atoms with van der Waals surface area (Å²) in [5.74, 6) is 0.640. The van der Waals surface area contributed by atoms with Crippen LogP contribution < -0.4 is 43.3 Å². The number of ketones is 1. The first-order valence-corrected chi connectivity index (χ1v) is 27.6. The lowest BCUT2D eigenvalue weighted by molar-refractivity contribution is -0.152. The minimum Gasteiger partial charge on any atom is -0.608 e. The molecule has 68 heavy (non-hydrogen) atoms. The maximum Gasteiger partial charge on any atom is 0.411 e. The average molecular weight is 965 g/mol. The number of nitrogens with zero attached hydrogens (tertiary/aromatic N) is 2. The Balaban J connectivity index is 1.14. The second-order valence-electron chi connectivity index (χ2n) is 16.3. The van der Waals surface area contributed by atoms with Gasteiger partial charge in [0.15, 0.2) is 19.0 Å². The molecule has 4 atom stereocenters. The van der Waals surface area contributed by atoms with Gasteiger partial charge in [0, 0.05) is 44.5 Å². The molecule has 0 bridgehead atoms. The topological polar surface area (TPSA) is 126 Å². The molecule has 14 heteroatoms. The zero-order valence-corrected chi connectivity index (χ0v) is 39.3. The maximum atomic E-state index is 16.8. The van der Waals surface area contributed by atoms with E-state index in [2.05, 4.69) is 0 Å². The van der Waals surface area contributed by atoms with E-state index >= 15 is 18.6 Å². The summed E-state index contributed by atoms with van der Waals surface area (Å²) in [7, 11) is -16.6. The first-order chi connectivity index (χ1) is 33.2. The van der Waals surface area contributed by atoms with Crippen LogP contribution in [0.3, 0.4) is 0 Å². The Morgan fingerprint density at radius 1 is 0.412 bits per heavy atom. The minimum atomic E-state index is -4.58. The van der Waals surface area contributed by atoms with Gasteiger partial charge in [0.1, 0.15) is 17.2 Å². The summed E-state index contributed by atoms with van der Waals surface area (Å²) in [5.41, 5.74) is 4.82. The molecule has 0 radical (unpaired) electrons. The molecule has 0 saturated heterocycles. The number of fused-ring (bicyclic) bond motifs is 9. The van der Waals surface area contributed by atoms with E-state index < -0.39 is 30.5 Å². The van der Waals surface area contributed by atoms with Crippen LogP contribution in [-0.2, 0) is 18.5 Å². The lowest BCUT2D eigenvalue weighted by Gasteiger charge is -2.42. The van der Waals surface area contributed by atoms with Crippen LogP contribution in [0.4, 0.5) is 11.4 Å². The fourth-order valence-corrected chi connectivity index (χ4v) is 20.1. The third kappa shape index (κ3) is 6.49. The van der Waals surface area contributed by atoms with Crippen molar-refractivity contribution >= 4 is 68.8 Å². The van der Waals surface area contributed by atoms with Gasteiger partial charge >= 0.3 is 22.6 Å². The molecule has 7 aromatic rings. The number of hydrogen-bond acceptors (Lipinski definition) is 8. The molecule has 3 heterocycles. The SMILES string of the molecule is O=C1C=CC=C/C1=C1\C=CC=C\C1=[P+](/[O-])N(c1cccc(N(P2(=O)Oc3ccccc3-c3ccccc32)P2(=O)Oc3ccccc3-c3ccccc32)c1)P1(=O)Oc2ccccc2-c2ccccc21. The average Bonchev–Trinajstić information content (AvgIpc) is 3.37. The Bertz CT molecular complexity index is 3570. The molecule has 4 unspecified atom stereocenters. The van der Waals surface area contributed by atoms with Gasteiger partial charge in [0.25, 0.3) is 0 Å². The van der Waals surface area contributed by atoms with Gasteiger partial charge in [0.2, 0.25) is 0 Å². The molecule has 7 aromatic carbocycles. The molecule has 0 amide bonds. The van der Waals surface area contributed by atoms with Crippen LogP contribution in [0.15, 0.2) is 230 Å². The molecule has 0 aromatic heterocycles. The predicted octanol–water partition coefficient (Wildman–Crippen LogP) is 12.0. The van der Waals surface area contributed by atoms with Crippen molar-refractivity contribution in [2.24, 2.45) is 0 Å². The molecule has 0 saturated carbocycles. The highest BCUT2D eigenvalue weighted by Gasteiger charge is 2.55. The van der Waals surface area contributed by atoms with Gasteiger partial charge in [-0.25, -0.2) is 18.1 Å². The van der Waals surface area contributed by atoms with Gasteiger partial charge in [-0.2, -0.15) is 0 Å². The van der Waals surface area contributed by atoms with Gasteiger partial charge in [-0.05, 0) is 72.8 Å². The first-order valence-electron chi connectivity index (χ1n) is 21.7. The highest BCUT2D eigenvalue weighted by Crippen LogP contribution is 2.72. The van der Waals surface area contributed by atoms with Crippen molar-refractivity contribution in [3.63, 3.8) is 0 Å². The Morgan fingerprint density at radius 2 is 0.809 bits per heavy atom. The molecule has 3 aliphatic heterocycles. The third-order valence-corrected chi connectivity index (χ3v) is 22.8. The molecular weight excluding hydrogens is 928 g/mol. The van der Waals surface area contributed by atoms with Gasteiger partial charge in [0.05, 0.1) is 27.3 Å². The highest BCUT2D eigenvalue weighted by molar-refractivity contribution is 7.86. The quantitative estimate of drug-likeness (QED) is 0.117. The van der Waals surface area contributed by atoms with Crippen LogP contribution in [0, 0.1) is 0 Å². The molecule has 0 N–H and O–H groups in total. The predicted molar refractivity (Wildman–Crippen MR) is 271 cm³/mol. The second kappa shape index (κ2) is 16.2.